The third-order valence-corrected chi connectivity index (χ3v) is 4.26. The van der Waals surface area contributed by atoms with Crippen LogP contribution in [0, 0.1) is 0 Å². The Labute approximate surface area is 126 Å². The Morgan fingerprint density at radius 1 is 0.950 bits per heavy atom. The molecule has 3 aromatic rings. The maximum atomic E-state index is 11.1. The summed E-state index contributed by atoms with van der Waals surface area (Å²) in [4.78, 5) is 4.35. The van der Waals surface area contributed by atoms with Gasteiger partial charge in [0.15, 0.2) is 0 Å². The Morgan fingerprint density at radius 3 is 2.50 bits per heavy atom. The van der Waals surface area contributed by atoms with Crippen LogP contribution in [0.25, 0.3) is 10.9 Å². The lowest BCUT2D eigenvalue weighted by Crippen LogP contribution is -2.23. The van der Waals surface area contributed by atoms with E-state index in [-0.39, 0.29) is 0 Å². The summed E-state index contributed by atoms with van der Waals surface area (Å²) >= 11 is 3.52. The quantitative estimate of drug-likeness (QED) is 0.763. The number of aliphatic hydroxyl groups is 1. The maximum absolute atomic E-state index is 11.1. The number of hydrogen-bond donors (Lipinski definition) is 1. The average molecular weight is 328 g/mol. The number of fused-ring (bicyclic) bond motifs is 1. The molecule has 0 amide bonds. The second-order valence-corrected chi connectivity index (χ2v) is 5.78. The van der Waals surface area contributed by atoms with Gasteiger partial charge in [0.1, 0.15) is 5.60 Å². The van der Waals surface area contributed by atoms with Crippen LogP contribution < -0.4 is 0 Å². The van der Waals surface area contributed by atoms with E-state index in [4.69, 9.17) is 0 Å². The van der Waals surface area contributed by atoms with Crippen LogP contribution in [0.4, 0.5) is 0 Å². The molecular formula is C17H14BrNO. The van der Waals surface area contributed by atoms with Gasteiger partial charge in [0, 0.05) is 21.6 Å². The minimum atomic E-state index is -1.08. The summed E-state index contributed by atoms with van der Waals surface area (Å²) in [5, 5.41) is 12.0. The minimum absolute atomic E-state index is 0.844. The fourth-order valence-corrected chi connectivity index (χ4v) is 3.20. The highest BCUT2D eigenvalue weighted by molar-refractivity contribution is 9.10. The number of halogens is 1. The van der Waals surface area contributed by atoms with Gasteiger partial charge in [-0.25, -0.2) is 0 Å². The second-order valence-electron chi connectivity index (χ2n) is 4.93. The molecule has 0 aliphatic carbocycles. The topological polar surface area (TPSA) is 33.1 Å². The lowest BCUT2D eigenvalue weighted by molar-refractivity contribution is 0.103. The summed E-state index contributed by atoms with van der Waals surface area (Å²) in [6.45, 7) is 1.81. The molecule has 0 saturated carbocycles. The van der Waals surface area contributed by atoms with E-state index >= 15 is 0 Å². The molecule has 1 atom stereocenters. The average Bonchev–Trinajstić information content (AvgIpc) is 2.47. The summed E-state index contributed by atoms with van der Waals surface area (Å²) < 4.78 is 0.894. The molecule has 1 N–H and O–H groups in total. The van der Waals surface area contributed by atoms with Gasteiger partial charge in [0.05, 0.1) is 5.52 Å². The first-order valence-corrected chi connectivity index (χ1v) is 7.21. The van der Waals surface area contributed by atoms with Crippen molar-refractivity contribution in [3.8, 4) is 0 Å². The monoisotopic (exact) mass is 327 g/mol. The Balaban J connectivity index is 2.27. The van der Waals surface area contributed by atoms with Crippen LogP contribution in [0.15, 0.2) is 65.3 Å². The highest BCUT2D eigenvalue weighted by Crippen LogP contribution is 2.36. The lowest BCUT2D eigenvalue weighted by Gasteiger charge is -2.27. The predicted octanol–water partition coefficient (Wildman–Crippen LogP) is 4.25. The molecule has 0 radical (unpaired) electrons. The van der Waals surface area contributed by atoms with Crippen molar-refractivity contribution in [1.29, 1.82) is 0 Å². The largest absolute Gasteiger partial charge is 0.381 e. The van der Waals surface area contributed by atoms with Gasteiger partial charge in [-0.05, 0) is 30.7 Å². The fourth-order valence-electron chi connectivity index (χ4n) is 2.53. The van der Waals surface area contributed by atoms with E-state index in [1.54, 1.807) is 6.20 Å². The molecule has 0 aliphatic rings. The van der Waals surface area contributed by atoms with Gasteiger partial charge in [0.25, 0.3) is 0 Å². The van der Waals surface area contributed by atoms with Gasteiger partial charge in [-0.1, -0.05) is 52.3 Å². The van der Waals surface area contributed by atoms with Crippen LogP contribution in [0.5, 0.6) is 0 Å². The van der Waals surface area contributed by atoms with Crippen LogP contribution in [0.1, 0.15) is 18.1 Å². The molecule has 100 valence electrons. The first-order chi connectivity index (χ1) is 9.60. The second kappa shape index (κ2) is 5.00. The molecule has 1 aromatic heterocycles. The molecule has 2 nitrogen and oxygen atoms in total. The molecule has 1 heterocycles. The predicted molar refractivity (Wildman–Crippen MR) is 84.6 cm³/mol. The molecule has 0 aliphatic heterocycles. The molecule has 3 rings (SSSR count). The van der Waals surface area contributed by atoms with E-state index < -0.39 is 5.60 Å². The molecule has 0 spiro atoms. The standard InChI is InChI=1S/C17H14BrNO/c1-17(20,14-7-2-3-9-15(14)18)13-8-4-10-16-12(13)6-5-11-19-16/h2-11,20H,1H3. The SMILES string of the molecule is CC(O)(c1ccccc1Br)c1cccc2ncccc12. The van der Waals surface area contributed by atoms with E-state index in [1.807, 2.05) is 61.5 Å². The Bertz CT molecular complexity index is 762. The molecule has 1 unspecified atom stereocenters. The zero-order valence-corrected chi connectivity index (χ0v) is 12.6. The van der Waals surface area contributed by atoms with E-state index in [0.29, 0.717) is 0 Å². The van der Waals surface area contributed by atoms with Crippen LogP contribution in [-0.2, 0) is 5.60 Å². The first-order valence-electron chi connectivity index (χ1n) is 6.42. The molecule has 0 saturated heterocycles. The Hall–Kier alpha value is -1.71. The Kier molecular flexibility index (Phi) is 3.32. The van der Waals surface area contributed by atoms with Crippen LogP contribution in [0.3, 0.4) is 0 Å². The number of hydrogen-bond acceptors (Lipinski definition) is 2. The van der Waals surface area contributed by atoms with Gasteiger partial charge in [0.2, 0.25) is 0 Å². The molecule has 20 heavy (non-hydrogen) atoms. The number of benzene rings is 2. The molecule has 3 heteroatoms. The van der Waals surface area contributed by atoms with E-state index in [9.17, 15) is 5.11 Å². The number of aromatic nitrogens is 1. The summed E-state index contributed by atoms with van der Waals surface area (Å²) in [5.41, 5.74) is 1.51. The van der Waals surface area contributed by atoms with E-state index in [0.717, 1.165) is 26.5 Å². The molecule has 0 fully saturated rings. The highest BCUT2D eigenvalue weighted by atomic mass is 79.9. The zero-order valence-electron chi connectivity index (χ0n) is 11.0. The van der Waals surface area contributed by atoms with E-state index in [1.165, 1.54) is 0 Å². The van der Waals surface area contributed by atoms with Crippen molar-refractivity contribution in [2.75, 3.05) is 0 Å². The normalized spacial score (nSPS) is 14.2. The van der Waals surface area contributed by atoms with Gasteiger partial charge < -0.3 is 5.11 Å². The van der Waals surface area contributed by atoms with E-state index in [2.05, 4.69) is 20.9 Å². The van der Waals surface area contributed by atoms with Crippen LogP contribution in [-0.4, -0.2) is 10.1 Å². The van der Waals surface area contributed by atoms with Crippen LogP contribution in [0.2, 0.25) is 0 Å². The molecular weight excluding hydrogens is 314 g/mol. The highest BCUT2D eigenvalue weighted by Gasteiger charge is 2.29. The summed E-state index contributed by atoms with van der Waals surface area (Å²) in [6.07, 6.45) is 1.76. The smallest absolute Gasteiger partial charge is 0.114 e. The van der Waals surface area contributed by atoms with Crippen molar-refractivity contribution in [2.45, 2.75) is 12.5 Å². The van der Waals surface area contributed by atoms with Gasteiger partial charge >= 0.3 is 0 Å². The molecule has 2 aromatic carbocycles. The third kappa shape index (κ3) is 2.13. The van der Waals surface area contributed by atoms with Crippen LogP contribution >= 0.6 is 15.9 Å². The summed E-state index contributed by atoms with van der Waals surface area (Å²) in [6, 6.07) is 17.4. The number of nitrogens with zero attached hydrogens (tertiary/aromatic N) is 1. The van der Waals surface area contributed by atoms with Crippen molar-refractivity contribution < 1.29 is 5.11 Å². The minimum Gasteiger partial charge on any atom is -0.381 e. The fraction of sp³-hybridized carbons (Fsp3) is 0.118. The van der Waals surface area contributed by atoms with Crippen molar-refractivity contribution >= 4 is 26.8 Å². The maximum Gasteiger partial charge on any atom is 0.114 e. The number of rotatable bonds is 2. The summed E-state index contributed by atoms with van der Waals surface area (Å²) in [7, 11) is 0. The lowest BCUT2D eigenvalue weighted by atomic mass is 9.86. The van der Waals surface area contributed by atoms with Crippen molar-refractivity contribution in [3.63, 3.8) is 0 Å². The van der Waals surface area contributed by atoms with Crippen molar-refractivity contribution in [1.82, 2.24) is 4.98 Å². The molecule has 0 bridgehead atoms. The van der Waals surface area contributed by atoms with Gasteiger partial charge in [-0.2, -0.15) is 0 Å². The third-order valence-electron chi connectivity index (χ3n) is 3.57. The van der Waals surface area contributed by atoms with Crippen molar-refractivity contribution in [3.05, 3.63) is 76.4 Å². The number of pyridine rings is 1. The first kappa shape index (κ1) is 13.3. The summed E-state index contributed by atoms with van der Waals surface area (Å²) in [5.74, 6) is 0. The Morgan fingerprint density at radius 2 is 1.70 bits per heavy atom. The van der Waals surface area contributed by atoms with Gasteiger partial charge in [-0.15, -0.1) is 0 Å². The zero-order chi connectivity index (χ0) is 14.2. The van der Waals surface area contributed by atoms with Crippen molar-refractivity contribution in [2.24, 2.45) is 0 Å². The van der Waals surface area contributed by atoms with Gasteiger partial charge in [-0.3, -0.25) is 4.98 Å².